The summed E-state index contributed by atoms with van der Waals surface area (Å²) >= 11 is 0. The quantitative estimate of drug-likeness (QED) is 0.801. The minimum absolute atomic E-state index is 0.560. The molecule has 3 nitrogen and oxygen atoms in total. The Hall–Kier alpha value is -0.830. The number of hydrogen-bond donors (Lipinski definition) is 1. The molecular formula is C13H25N3. The van der Waals surface area contributed by atoms with Gasteiger partial charge in [0.05, 0.1) is 5.69 Å². The highest BCUT2D eigenvalue weighted by molar-refractivity contribution is 5.11. The van der Waals surface area contributed by atoms with Gasteiger partial charge >= 0.3 is 0 Å². The average molecular weight is 223 g/mol. The molecule has 0 saturated heterocycles. The molecule has 3 heteroatoms. The molecule has 92 valence electrons. The lowest BCUT2D eigenvalue weighted by Crippen LogP contribution is -2.33. The van der Waals surface area contributed by atoms with E-state index in [2.05, 4.69) is 44.2 Å². The Morgan fingerprint density at radius 3 is 2.56 bits per heavy atom. The van der Waals surface area contributed by atoms with E-state index in [1.807, 2.05) is 11.7 Å². The molecule has 0 fully saturated rings. The molecule has 0 saturated carbocycles. The lowest BCUT2D eigenvalue weighted by molar-refractivity contribution is 0.398. The van der Waals surface area contributed by atoms with Crippen molar-refractivity contribution in [2.24, 2.45) is 13.0 Å². The van der Waals surface area contributed by atoms with Gasteiger partial charge in [0.1, 0.15) is 0 Å². The van der Waals surface area contributed by atoms with Crippen molar-refractivity contribution in [3.8, 4) is 0 Å². The van der Waals surface area contributed by atoms with Gasteiger partial charge in [-0.3, -0.25) is 4.68 Å². The summed E-state index contributed by atoms with van der Waals surface area (Å²) in [4.78, 5) is 0. The number of aryl methyl sites for hydroxylation is 2. The average Bonchev–Trinajstić information content (AvgIpc) is 2.60. The third-order valence-electron chi connectivity index (χ3n) is 3.30. The third-order valence-corrected chi connectivity index (χ3v) is 3.30. The standard InChI is InChI=1S/C13H25N3/c1-6-12-9-13(16(5)15-12)8-10(3)11(4)14-7-2/h9-11,14H,6-8H2,1-5H3. The molecule has 1 heterocycles. The summed E-state index contributed by atoms with van der Waals surface area (Å²) in [6.07, 6.45) is 2.11. The van der Waals surface area contributed by atoms with Crippen molar-refractivity contribution in [3.63, 3.8) is 0 Å². The van der Waals surface area contributed by atoms with Crippen molar-refractivity contribution < 1.29 is 0 Å². The van der Waals surface area contributed by atoms with Gasteiger partial charge in [0.2, 0.25) is 0 Å². The SMILES string of the molecule is CCNC(C)C(C)Cc1cc(CC)nn1C. The predicted octanol–water partition coefficient (Wildman–Crippen LogP) is 2.16. The Kier molecular flexibility index (Phi) is 5.00. The maximum Gasteiger partial charge on any atom is 0.0624 e. The highest BCUT2D eigenvalue weighted by Gasteiger charge is 2.14. The van der Waals surface area contributed by atoms with Crippen LogP contribution in [0.15, 0.2) is 6.07 Å². The lowest BCUT2D eigenvalue weighted by Gasteiger charge is -2.20. The summed E-state index contributed by atoms with van der Waals surface area (Å²) in [6, 6.07) is 2.79. The zero-order valence-corrected chi connectivity index (χ0v) is 11.2. The fraction of sp³-hybridized carbons (Fsp3) is 0.769. The molecule has 2 unspecified atom stereocenters. The fourth-order valence-electron chi connectivity index (χ4n) is 1.97. The topological polar surface area (TPSA) is 29.9 Å². The van der Waals surface area contributed by atoms with E-state index in [0.29, 0.717) is 12.0 Å². The Morgan fingerprint density at radius 2 is 2.06 bits per heavy atom. The summed E-state index contributed by atoms with van der Waals surface area (Å²) < 4.78 is 2.02. The summed E-state index contributed by atoms with van der Waals surface area (Å²) in [7, 11) is 2.04. The number of nitrogens with zero attached hydrogens (tertiary/aromatic N) is 2. The first-order valence-corrected chi connectivity index (χ1v) is 6.33. The van der Waals surface area contributed by atoms with Crippen LogP contribution in [0.4, 0.5) is 0 Å². The number of hydrogen-bond acceptors (Lipinski definition) is 2. The zero-order valence-electron chi connectivity index (χ0n) is 11.2. The second kappa shape index (κ2) is 6.04. The van der Waals surface area contributed by atoms with Crippen molar-refractivity contribution >= 4 is 0 Å². The second-order valence-electron chi connectivity index (χ2n) is 4.63. The molecule has 0 radical (unpaired) electrons. The van der Waals surface area contributed by atoms with Gasteiger partial charge in [-0.25, -0.2) is 0 Å². The largest absolute Gasteiger partial charge is 0.314 e. The molecule has 0 aliphatic rings. The van der Waals surface area contributed by atoms with E-state index in [1.54, 1.807) is 0 Å². The maximum absolute atomic E-state index is 4.48. The van der Waals surface area contributed by atoms with Crippen molar-refractivity contribution in [1.29, 1.82) is 0 Å². The van der Waals surface area contributed by atoms with Crippen LogP contribution in [0.1, 0.15) is 39.1 Å². The molecule has 16 heavy (non-hydrogen) atoms. The molecule has 0 aliphatic carbocycles. The highest BCUT2D eigenvalue weighted by Crippen LogP contribution is 2.13. The van der Waals surface area contributed by atoms with Gasteiger partial charge in [-0.05, 0) is 38.3 Å². The third kappa shape index (κ3) is 3.34. The minimum atomic E-state index is 0.560. The number of nitrogens with one attached hydrogen (secondary N) is 1. The van der Waals surface area contributed by atoms with Crippen molar-refractivity contribution in [2.75, 3.05) is 6.54 Å². The van der Waals surface area contributed by atoms with Gasteiger partial charge < -0.3 is 5.32 Å². The zero-order chi connectivity index (χ0) is 12.1. The van der Waals surface area contributed by atoms with E-state index < -0.39 is 0 Å². The molecule has 2 atom stereocenters. The van der Waals surface area contributed by atoms with Crippen LogP contribution in [-0.2, 0) is 19.9 Å². The second-order valence-corrected chi connectivity index (χ2v) is 4.63. The molecule has 0 aliphatic heterocycles. The Morgan fingerprint density at radius 1 is 1.38 bits per heavy atom. The maximum atomic E-state index is 4.48. The van der Waals surface area contributed by atoms with Crippen LogP contribution >= 0.6 is 0 Å². The van der Waals surface area contributed by atoms with Crippen LogP contribution in [0.25, 0.3) is 0 Å². The van der Waals surface area contributed by atoms with Crippen LogP contribution in [0.2, 0.25) is 0 Å². The minimum Gasteiger partial charge on any atom is -0.314 e. The number of rotatable bonds is 6. The first kappa shape index (κ1) is 13.2. The Labute approximate surface area is 99.2 Å². The Bertz CT molecular complexity index is 317. The summed E-state index contributed by atoms with van der Waals surface area (Å²) in [5.41, 5.74) is 2.54. The van der Waals surface area contributed by atoms with E-state index in [0.717, 1.165) is 19.4 Å². The highest BCUT2D eigenvalue weighted by atomic mass is 15.3. The molecule has 1 rings (SSSR count). The molecule has 1 aromatic heterocycles. The Balaban J connectivity index is 2.61. The van der Waals surface area contributed by atoms with Crippen molar-refractivity contribution in [1.82, 2.24) is 15.1 Å². The summed E-state index contributed by atoms with van der Waals surface area (Å²) in [5, 5.41) is 7.96. The molecule has 0 aromatic carbocycles. The normalized spacial score (nSPS) is 15.1. The van der Waals surface area contributed by atoms with E-state index in [9.17, 15) is 0 Å². The van der Waals surface area contributed by atoms with Gasteiger partial charge in [-0.15, -0.1) is 0 Å². The van der Waals surface area contributed by atoms with Crippen molar-refractivity contribution in [3.05, 3.63) is 17.5 Å². The number of aromatic nitrogens is 2. The monoisotopic (exact) mass is 223 g/mol. The molecule has 0 amide bonds. The van der Waals surface area contributed by atoms with Crippen LogP contribution in [-0.4, -0.2) is 22.4 Å². The van der Waals surface area contributed by atoms with Crippen LogP contribution in [0.5, 0.6) is 0 Å². The van der Waals surface area contributed by atoms with Crippen LogP contribution < -0.4 is 5.32 Å². The molecule has 1 N–H and O–H groups in total. The van der Waals surface area contributed by atoms with E-state index in [4.69, 9.17) is 0 Å². The molecule has 1 aromatic rings. The van der Waals surface area contributed by atoms with Gasteiger partial charge in [0.25, 0.3) is 0 Å². The lowest BCUT2D eigenvalue weighted by atomic mass is 9.97. The first-order chi connectivity index (χ1) is 7.58. The van der Waals surface area contributed by atoms with Gasteiger partial charge in [0.15, 0.2) is 0 Å². The van der Waals surface area contributed by atoms with E-state index >= 15 is 0 Å². The van der Waals surface area contributed by atoms with Crippen LogP contribution in [0, 0.1) is 5.92 Å². The first-order valence-electron chi connectivity index (χ1n) is 6.33. The fourth-order valence-corrected chi connectivity index (χ4v) is 1.97. The molecule has 0 spiro atoms. The van der Waals surface area contributed by atoms with Crippen molar-refractivity contribution in [2.45, 2.75) is 46.6 Å². The molecule has 0 bridgehead atoms. The van der Waals surface area contributed by atoms with Gasteiger partial charge in [0, 0.05) is 18.8 Å². The molecular weight excluding hydrogens is 198 g/mol. The van der Waals surface area contributed by atoms with Gasteiger partial charge in [-0.2, -0.15) is 5.10 Å². The summed E-state index contributed by atoms with van der Waals surface area (Å²) in [6.45, 7) is 9.90. The smallest absolute Gasteiger partial charge is 0.0624 e. The summed E-state index contributed by atoms with van der Waals surface area (Å²) in [5.74, 6) is 0.639. The van der Waals surface area contributed by atoms with Gasteiger partial charge in [-0.1, -0.05) is 20.8 Å². The predicted molar refractivity (Wildman–Crippen MR) is 68.6 cm³/mol. The van der Waals surface area contributed by atoms with Crippen LogP contribution in [0.3, 0.4) is 0 Å². The van der Waals surface area contributed by atoms with E-state index in [1.165, 1.54) is 11.4 Å². The van der Waals surface area contributed by atoms with E-state index in [-0.39, 0.29) is 0 Å².